The van der Waals surface area contributed by atoms with E-state index in [1.165, 1.54) is 49.1 Å². The Balaban J connectivity index is 2.53. The number of nitro groups is 1. The maximum Gasteiger partial charge on any atom is 0.271 e. The van der Waals surface area contributed by atoms with Gasteiger partial charge in [0.25, 0.3) is 11.6 Å². The summed E-state index contributed by atoms with van der Waals surface area (Å²) in [5.41, 5.74) is 0.548. The van der Waals surface area contributed by atoms with Crippen LogP contribution >= 0.6 is 0 Å². The Morgan fingerprint density at radius 3 is 2.62 bits per heavy atom. The van der Waals surface area contributed by atoms with E-state index in [-0.39, 0.29) is 28.6 Å². The number of hydrogen-bond acceptors (Lipinski definition) is 5. The van der Waals surface area contributed by atoms with Crippen LogP contribution in [0.4, 0.5) is 5.69 Å². The number of non-ortho nitro benzene ring substituents is 1. The van der Waals surface area contributed by atoms with Crippen molar-refractivity contribution in [2.75, 3.05) is 7.05 Å². The van der Waals surface area contributed by atoms with Crippen molar-refractivity contribution in [3.8, 4) is 5.69 Å². The van der Waals surface area contributed by atoms with Gasteiger partial charge < -0.3 is 5.32 Å². The first kappa shape index (κ1) is 14.4. The number of Topliss-reactive ketones (excluding diaryl/α,β-unsaturated/α-hetero) is 1. The first-order chi connectivity index (χ1) is 9.93. The van der Waals surface area contributed by atoms with Crippen molar-refractivity contribution in [3.05, 3.63) is 51.8 Å². The average molecular weight is 288 g/mol. The van der Waals surface area contributed by atoms with Crippen LogP contribution in [0.25, 0.3) is 5.69 Å². The fraction of sp³-hybridized carbons (Fsp3) is 0.154. The summed E-state index contributed by atoms with van der Waals surface area (Å²) in [7, 11) is 1.48. The van der Waals surface area contributed by atoms with Crippen LogP contribution in [-0.2, 0) is 0 Å². The molecule has 0 aliphatic heterocycles. The van der Waals surface area contributed by atoms with Crippen molar-refractivity contribution >= 4 is 17.4 Å². The normalized spacial score (nSPS) is 10.2. The summed E-state index contributed by atoms with van der Waals surface area (Å²) in [6.45, 7) is 1.31. The predicted octanol–water partition coefficient (Wildman–Crippen LogP) is 1.34. The molecule has 0 aliphatic rings. The van der Waals surface area contributed by atoms with E-state index in [1.807, 2.05) is 0 Å². The highest BCUT2D eigenvalue weighted by Crippen LogP contribution is 2.21. The Bertz CT molecular complexity index is 736. The van der Waals surface area contributed by atoms with E-state index in [2.05, 4.69) is 10.4 Å². The third-order valence-electron chi connectivity index (χ3n) is 2.87. The van der Waals surface area contributed by atoms with Gasteiger partial charge in [0.05, 0.1) is 10.6 Å². The zero-order chi connectivity index (χ0) is 15.6. The fourth-order valence-electron chi connectivity index (χ4n) is 1.83. The molecule has 0 bridgehead atoms. The predicted molar refractivity (Wildman–Crippen MR) is 73.6 cm³/mol. The van der Waals surface area contributed by atoms with Crippen molar-refractivity contribution in [2.24, 2.45) is 0 Å². The minimum atomic E-state index is -0.574. The van der Waals surface area contributed by atoms with Gasteiger partial charge >= 0.3 is 0 Å². The Morgan fingerprint density at radius 2 is 2.05 bits per heavy atom. The highest BCUT2D eigenvalue weighted by Gasteiger charge is 2.17. The molecule has 1 heterocycles. The van der Waals surface area contributed by atoms with E-state index in [0.29, 0.717) is 5.69 Å². The van der Waals surface area contributed by atoms with Gasteiger partial charge in [-0.2, -0.15) is 5.10 Å². The van der Waals surface area contributed by atoms with Crippen LogP contribution in [0.2, 0.25) is 0 Å². The smallest absolute Gasteiger partial charge is 0.271 e. The van der Waals surface area contributed by atoms with Crippen LogP contribution in [0.1, 0.15) is 27.8 Å². The third-order valence-corrected chi connectivity index (χ3v) is 2.87. The first-order valence-electron chi connectivity index (χ1n) is 6.01. The summed E-state index contributed by atoms with van der Waals surface area (Å²) in [5, 5.41) is 17.3. The van der Waals surface area contributed by atoms with E-state index < -0.39 is 4.92 Å². The van der Waals surface area contributed by atoms with E-state index >= 15 is 0 Å². The largest absolute Gasteiger partial charge is 0.354 e. The van der Waals surface area contributed by atoms with Crippen LogP contribution < -0.4 is 5.32 Å². The van der Waals surface area contributed by atoms with Gasteiger partial charge in [-0.15, -0.1) is 0 Å². The number of amides is 1. The van der Waals surface area contributed by atoms with E-state index in [0.717, 1.165) is 0 Å². The zero-order valence-corrected chi connectivity index (χ0v) is 11.4. The molecule has 2 aromatic rings. The van der Waals surface area contributed by atoms with E-state index in [9.17, 15) is 19.7 Å². The molecule has 0 spiro atoms. The zero-order valence-electron chi connectivity index (χ0n) is 11.4. The molecule has 0 saturated carbocycles. The van der Waals surface area contributed by atoms with Gasteiger partial charge in [0.2, 0.25) is 0 Å². The van der Waals surface area contributed by atoms with Crippen LogP contribution in [0.15, 0.2) is 30.5 Å². The quantitative estimate of drug-likeness (QED) is 0.519. The minimum Gasteiger partial charge on any atom is -0.354 e. The molecule has 8 heteroatoms. The number of nitrogens with zero attached hydrogens (tertiary/aromatic N) is 3. The van der Waals surface area contributed by atoms with Gasteiger partial charge in [-0.05, 0) is 19.1 Å². The highest BCUT2D eigenvalue weighted by molar-refractivity contribution is 5.98. The van der Waals surface area contributed by atoms with Crippen molar-refractivity contribution in [1.29, 1.82) is 0 Å². The molecule has 2 rings (SSSR count). The topological polar surface area (TPSA) is 107 Å². The highest BCUT2D eigenvalue weighted by atomic mass is 16.6. The number of ketones is 1. The lowest BCUT2D eigenvalue weighted by atomic mass is 10.1. The number of carbonyl (C=O) groups is 2. The number of hydrogen-bond donors (Lipinski definition) is 1. The summed E-state index contributed by atoms with van der Waals surface area (Å²) < 4.78 is 1.34. The van der Waals surface area contributed by atoms with Crippen LogP contribution in [0.5, 0.6) is 0 Å². The summed E-state index contributed by atoms with van der Waals surface area (Å²) in [4.78, 5) is 33.3. The van der Waals surface area contributed by atoms with Gasteiger partial charge in [-0.25, -0.2) is 4.68 Å². The number of aromatic nitrogens is 2. The molecule has 0 aliphatic carbocycles. The van der Waals surface area contributed by atoms with Gasteiger partial charge in [-0.3, -0.25) is 19.7 Å². The van der Waals surface area contributed by atoms with Crippen molar-refractivity contribution in [1.82, 2.24) is 15.1 Å². The molecule has 108 valence electrons. The van der Waals surface area contributed by atoms with E-state index in [4.69, 9.17) is 0 Å². The lowest BCUT2D eigenvalue weighted by Gasteiger charge is -2.06. The summed E-state index contributed by atoms with van der Waals surface area (Å²) in [6.07, 6.45) is 1.51. The molecule has 8 nitrogen and oxygen atoms in total. The molecule has 1 N–H and O–H groups in total. The number of benzene rings is 1. The van der Waals surface area contributed by atoms with Crippen LogP contribution in [0.3, 0.4) is 0 Å². The number of nitro benzene ring substituents is 1. The minimum absolute atomic E-state index is 0.163. The molecule has 0 saturated heterocycles. The molecule has 0 radical (unpaired) electrons. The second kappa shape index (κ2) is 5.53. The maximum absolute atomic E-state index is 11.7. The summed E-state index contributed by atoms with van der Waals surface area (Å²) in [6, 6.07) is 5.39. The van der Waals surface area contributed by atoms with Gasteiger partial charge in [0.15, 0.2) is 11.5 Å². The van der Waals surface area contributed by atoms with Gasteiger partial charge in [0.1, 0.15) is 0 Å². The summed E-state index contributed by atoms with van der Waals surface area (Å²) >= 11 is 0. The first-order valence-corrected chi connectivity index (χ1v) is 6.01. The van der Waals surface area contributed by atoms with Gasteiger partial charge in [0, 0.05) is 30.9 Å². The lowest BCUT2D eigenvalue weighted by Crippen LogP contribution is -2.18. The second-order valence-corrected chi connectivity index (χ2v) is 4.24. The Hall–Kier alpha value is -3.03. The molecule has 1 aromatic heterocycles. The van der Waals surface area contributed by atoms with Crippen molar-refractivity contribution < 1.29 is 14.5 Å². The average Bonchev–Trinajstić information content (AvgIpc) is 2.95. The summed E-state index contributed by atoms with van der Waals surface area (Å²) in [5.74, 6) is -0.689. The fourth-order valence-corrected chi connectivity index (χ4v) is 1.83. The molecule has 0 fully saturated rings. The van der Waals surface area contributed by atoms with Gasteiger partial charge in [-0.1, -0.05) is 0 Å². The number of nitrogens with one attached hydrogen (secondary N) is 1. The van der Waals surface area contributed by atoms with E-state index in [1.54, 1.807) is 0 Å². The molecule has 21 heavy (non-hydrogen) atoms. The van der Waals surface area contributed by atoms with Crippen molar-refractivity contribution in [2.45, 2.75) is 6.92 Å². The van der Waals surface area contributed by atoms with Crippen LogP contribution in [0, 0.1) is 10.1 Å². The SMILES string of the molecule is CNC(=O)c1ccn(-c2ccc([N+](=O)[O-])cc2C(C)=O)n1. The molecule has 1 amide bonds. The standard InChI is InChI=1S/C13H12N4O4/c1-8(18)10-7-9(17(20)21)3-4-12(10)16-6-5-11(15-16)13(19)14-2/h3-7H,1-2H3,(H,14,19). The molecule has 1 aromatic carbocycles. The number of carbonyl (C=O) groups excluding carboxylic acids is 2. The number of rotatable bonds is 4. The Morgan fingerprint density at radius 1 is 1.33 bits per heavy atom. The molecule has 0 unspecified atom stereocenters. The maximum atomic E-state index is 11.7. The molecular weight excluding hydrogens is 276 g/mol. The monoisotopic (exact) mass is 288 g/mol. The Labute approximate surface area is 119 Å². The van der Waals surface area contributed by atoms with Crippen LogP contribution in [-0.4, -0.2) is 33.4 Å². The molecular formula is C13H12N4O4. The Kier molecular flexibility index (Phi) is 3.79. The van der Waals surface area contributed by atoms with Crippen molar-refractivity contribution in [3.63, 3.8) is 0 Å². The molecule has 0 atom stereocenters. The second-order valence-electron chi connectivity index (χ2n) is 4.24. The third kappa shape index (κ3) is 2.78. The lowest BCUT2D eigenvalue weighted by molar-refractivity contribution is -0.384.